The quantitative estimate of drug-likeness (QED) is 0.813. The molecule has 4 rings (SSSR count). The zero-order valence-electron chi connectivity index (χ0n) is 16.1. The van der Waals surface area contributed by atoms with Crippen LogP contribution in [0.1, 0.15) is 41.7 Å². The van der Waals surface area contributed by atoms with E-state index in [9.17, 15) is 4.79 Å². The van der Waals surface area contributed by atoms with Gasteiger partial charge in [0.05, 0.1) is 6.61 Å². The number of likely N-dealkylation sites (tertiary alicyclic amines) is 2. The van der Waals surface area contributed by atoms with Gasteiger partial charge in [0.25, 0.3) is 5.91 Å². The minimum Gasteiger partial charge on any atom is -0.381 e. The van der Waals surface area contributed by atoms with Crippen LogP contribution in [0.2, 0.25) is 0 Å². The minimum atomic E-state index is 0.0800. The normalized spacial score (nSPS) is 25.8. The first-order valence-electron chi connectivity index (χ1n) is 10.0. The highest BCUT2D eigenvalue weighted by Crippen LogP contribution is 2.44. The molecule has 1 saturated carbocycles. The van der Waals surface area contributed by atoms with Crippen molar-refractivity contribution in [2.75, 3.05) is 46.4 Å². The molecule has 0 radical (unpaired) electrons. The van der Waals surface area contributed by atoms with Crippen LogP contribution in [0.3, 0.4) is 0 Å². The van der Waals surface area contributed by atoms with Gasteiger partial charge in [-0.15, -0.1) is 0 Å². The van der Waals surface area contributed by atoms with Gasteiger partial charge in [-0.1, -0.05) is 0 Å². The molecule has 1 spiro atoms. The van der Waals surface area contributed by atoms with Gasteiger partial charge in [0.2, 0.25) is 0 Å². The van der Waals surface area contributed by atoms with E-state index in [1.165, 1.54) is 12.8 Å². The van der Waals surface area contributed by atoms with Crippen molar-refractivity contribution in [3.05, 3.63) is 29.6 Å². The second kappa shape index (κ2) is 7.28. The zero-order chi connectivity index (χ0) is 18.1. The Kier molecular flexibility index (Phi) is 5.02. The molecule has 5 nitrogen and oxygen atoms in total. The number of nitrogens with zero attached hydrogens (tertiary/aromatic N) is 3. The molecule has 3 aliphatic rings. The molecular formula is C21H31N3O2. The van der Waals surface area contributed by atoms with Crippen molar-refractivity contribution < 1.29 is 9.53 Å². The second-order valence-corrected chi connectivity index (χ2v) is 8.75. The van der Waals surface area contributed by atoms with Crippen molar-refractivity contribution in [1.29, 1.82) is 0 Å². The first-order chi connectivity index (χ1) is 12.6. The number of pyridine rings is 1. The van der Waals surface area contributed by atoms with Gasteiger partial charge in [-0.3, -0.25) is 9.78 Å². The fraction of sp³-hybridized carbons (Fsp3) is 0.714. The van der Waals surface area contributed by atoms with Gasteiger partial charge in [-0.25, -0.2) is 0 Å². The van der Waals surface area contributed by atoms with E-state index in [0.717, 1.165) is 63.7 Å². The van der Waals surface area contributed by atoms with Crippen LogP contribution in [0.15, 0.2) is 18.3 Å². The number of hydrogen-bond acceptors (Lipinski definition) is 4. The van der Waals surface area contributed by atoms with E-state index in [2.05, 4.69) is 16.9 Å². The zero-order valence-corrected chi connectivity index (χ0v) is 16.1. The molecule has 1 aromatic heterocycles. The van der Waals surface area contributed by atoms with Crippen molar-refractivity contribution in [1.82, 2.24) is 14.8 Å². The Hall–Kier alpha value is -1.46. The number of piperidine rings is 1. The molecular weight excluding hydrogens is 326 g/mol. The molecule has 26 heavy (non-hydrogen) atoms. The molecule has 0 bridgehead atoms. The molecule has 1 amide bonds. The summed E-state index contributed by atoms with van der Waals surface area (Å²) < 4.78 is 6.06. The first kappa shape index (κ1) is 17.9. The van der Waals surface area contributed by atoms with Gasteiger partial charge >= 0.3 is 0 Å². The Morgan fingerprint density at radius 1 is 1.31 bits per heavy atom. The number of amides is 1. The van der Waals surface area contributed by atoms with E-state index >= 15 is 0 Å². The van der Waals surface area contributed by atoms with Crippen molar-refractivity contribution in [3.8, 4) is 0 Å². The third kappa shape index (κ3) is 3.79. The summed E-state index contributed by atoms with van der Waals surface area (Å²) in [5.41, 5.74) is 1.98. The van der Waals surface area contributed by atoms with Crippen LogP contribution in [0.25, 0.3) is 0 Å². The summed E-state index contributed by atoms with van der Waals surface area (Å²) >= 11 is 0. The second-order valence-electron chi connectivity index (χ2n) is 8.75. The summed E-state index contributed by atoms with van der Waals surface area (Å²) in [6.45, 7) is 7.76. The molecule has 1 unspecified atom stereocenters. The smallest absolute Gasteiger partial charge is 0.272 e. The maximum atomic E-state index is 12.8. The summed E-state index contributed by atoms with van der Waals surface area (Å²) in [5, 5.41) is 0. The molecule has 5 heteroatoms. The standard InChI is InChI=1S/C21H31N3O2/c1-16-5-8-22-19(11-16)20(25)24-9-6-21(7-10-24)15-23(2)12-18(21)14-26-13-17-3-4-17/h5,8,11,17-18H,3-4,6-7,9-10,12-15H2,1-2H3. The van der Waals surface area contributed by atoms with Crippen LogP contribution >= 0.6 is 0 Å². The van der Waals surface area contributed by atoms with Gasteiger partial charge in [0.15, 0.2) is 0 Å². The summed E-state index contributed by atoms with van der Waals surface area (Å²) in [7, 11) is 2.22. The van der Waals surface area contributed by atoms with E-state index in [4.69, 9.17) is 4.74 Å². The summed E-state index contributed by atoms with van der Waals surface area (Å²) in [4.78, 5) is 21.5. The van der Waals surface area contributed by atoms with E-state index in [-0.39, 0.29) is 5.91 Å². The average Bonchev–Trinajstić information content (AvgIpc) is 3.40. The number of aryl methyl sites for hydroxylation is 1. The lowest BCUT2D eigenvalue weighted by Gasteiger charge is -2.42. The number of rotatable bonds is 5. The van der Waals surface area contributed by atoms with Crippen LogP contribution < -0.4 is 0 Å². The third-order valence-electron chi connectivity index (χ3n) is 6.53. The van der Waals surface area contributed by atoms with Gasteiger partial charge in [-0.2, -0.15) is 0 Å². The molecule has 1 aliphatic carbocycles. The van der Waals surface area contributed by atoms with Crippen LogP contribution in [-0.2, 0) is 4.74 Å². The van der Waals surface area contributed by atoms with E-state index in [1.54, 1.807) is 6.20 Å². The van der Waals surface area contributed by atoms with Crippen LogP contribution in [0, 0.1) is 24.2 Å². The van der Waals surface area contributed by atoms with Gasteiger partial charge < -0.3 is 14.5 Å². The van der Waals surface area contributed by atoms with Crippen molar-refractivity contribution in [3.63, 3.8) is 0 Å². The summed E-state index contributed by atoms with van der Waals surface area (Å²) in [6, 6.07) is 3.83. The summed E-state index contributed by atoms with van der Waals surface area (Å²) in [5.74, 6) is 1.50. The molecule has 1 atom stereocenters. The molecule has 142 valence electrons. The third-order valence-corrected chi connectivity index (χ3v) is 6.53. The molecule has 3 fully saturated rings. The van der Waals surface area contributed by atoms with Crippen LogP contribution in [-0.4, -0.2) is 67.1 Å². The fourth-order valence-electron chi connectivity index (χ4n) is 4.73. The maximum absolute atomic E-state index is 12.8. The SMILES string of the molecule is Cc1ccnc(C(=O)N2CCC3(CC2)CN(C)CC3COCC2CC2)c1. The van der Waals surface area contributed by atoms with Crippen LogP contribution in [0.5, 0.6) is 0 Å². The highest BCUT2D eigenvalue weighted by atomic mass is 16.5. The van der Waals surface area contributed by atoms with Crippen molar-refractivity contribution in [2.24, 2.45) is 17.3 Å². The predicted molar refractivity (Wildman–Crippen MR) is 101 cm³/mol. The number of carbonyl (C=O) groups excluding carboxylic acids is 1. The number of ether oxygens (including phenoxy) is 1. The Morgan fingerprint density at radius 2 is 2.08 bits per heavy atom. The molecule has 0 aromatic carbocycles. The lowest BCUT2D eigenvalue weighted by Crippen LogP contribution is -2.47. The van der Waals surface area contributed by atoms with E-state index in [1.807, 2.05) is 24.0 Å². The lowest BCUT2D eigenvalue weighted by molar-refractivity contribution is 0.0178. The van der Waals surface area contributed by atoms with Crippen molar-refractivity contribution in [2.45, 2.75) is 32.6 Å². The van der Waals surface area contributed by atoms with Gasteiger partial charge in [0, 0.05) is 44.9 Å². The van der Waals surface area contributed by atoms with E-state index < -0.39 is 0 Å². The predicted octanol–water partition coefficient (Wildman–Crippen LogP) is 2.60. The van der Waals surface area contributed by atoms with Crippen LogP contribution in [0.4, 0.5) is 0 Å². The Labute approximate surface area is 156 Å². The van der Waals surface area contributed by atoms with E-state index in [0.29, 0.717) is 17.0 Å². The molecule has 3 heterocycles. The Bertz CT molecular complexity index is 650. The largest absolute Gasteiger partial charge is 0.381 e. The lowest BCUT2D eigenvalue weighted by atomic mass is 9.71. The first-order valence-corrected chi connectivity index (χ1v) is 10.0. The Morgan fingerprint density at radius 3 is 2.77 bits per heavy atom. The topological polar surface area (TPSA) is 45.7 Å². The monoisotopic (exact) mass is 357 g/mol. The maximum Gasteiger partial charge on any atom is 0.272 e. The van der Waals surface area contributed by atoms with Crippen molar-refractivity contribution >= 4 is 5.91 Å². The molecule has 2 saturated heterocycles. The highest BCUT2D eigenvalue weighted by molar-refractivity contribution is 5.92. The summed E-state index contributed by atoms with van der Waals surface area (Å²) in [6.07, 6.45) is 6.57. The molecule has 1 aromatic rings. The average molecular weight is 357 g/mol. The molecule has 0 N–H and O–H groups in total. The Balaban J connectivity index is 1.36. The number of carbonyl (C=O) groups is 1. The van der Waals surface area contributed by atoms with Gasteiger partial charge in [0.1, 0.15) is 5.69 Å². The number of aromatic nitrogens is 1. The molecule has 2 aliphatic heterocycles. The van der Waals surface area contributed by atoms with Gasteiger partial charge in [-0.05, 0) is 68.7 Å². The fourth-order valence-corrected chi connectivity index (χ4v) is 4.73. The highest BCUT2D eigenvalue weighted by Gasteiger charge is 2.47. The minimum absolute atomic E-state index is 0.0800. The number of hydrogen-bond donors (Lipinski definition) is 0.